The van der Waals surface area contributed by atoms with Gasteiger partial charge in [-0.05, 0) is 0 Å². The number of halogens is 1. The third-order valence-corrected chi connectivity index (χ3v) is 2.37. The van der Waals surface area contributed by atoms with Crippen LogP contribution >= 0.6 is 11.6 Å². The second kappa shape index (κ2) is 3.01. The third-order valence-electron chi connectivity index (χ3n) is 1.98. The second-order valence-electron chi connectivity index (χ2n) is 2.80. The van der Waals surface area contributed by atoms with Crippen LogP contribution in [0, 0.1) is 0 Å². The first-order valence-corrected chi connectivity index (χ1v) is 4.27. The molecule has 0 aliphatic carbocycles. The van der Waals surface area contributed by atoms with Crippen molar-refractivity contribution < 1.29 is 9.90 Å². The minimum Gasteiger partial charge on any atom is -0.476 e. The summed E-state index contributed by atoms with van der Waals surface area (Å²) >= 11 is 5.83. The summed E-state index contributed by atoms with van der Waals surface area (Å²) in [6, 6.07) is 0. The van der Waals surface area contributed by atoms with E-state index < -0.39 is 5.97 Å². The molecule has 2 N–H and O–H groups in total. The van der Waals surface area contributed by atoms with Crippen LogP contribution in [0.15, 0.2) is 0 Å². The van der Waals surface area contributed by atoms with Crippen molar-refractivity contribution in [2.45, 2.75) is 13.1 Å². The molecule has 0 unspecified atom stereocenters. The first-order valence-electron chi connectivity index (χ1n) is 3.89. The number of carbonyl (C=O) groups is 1. The number of nitrogens with one attached hydrogen (secondary N) is 1. The maximum Gasteiger partial charge on any atom is 0.357 e. The van der Waals surface area contributed by atoms with Gasteiger partial charge in [0.05, 0.1) is 6.54 Å². The Kier molecular flexibility index (Phi) is 1.97. The average molecular weight is 202 g/mol. The molecule has 0 fully saturated rings. The van der Waals surface area contributed by atoms with E-state index in [4.69, 9.17) is 16.7 Å². The highest BCUT2D eigenvalue weighted by Gasteiger charge is 2.21. The lowest BCUT2D eigenvalue weighted by Gasteiger charge is -2.14. The Bertz CT molecular complexity index is 361. The van der Waals surface area contributed by atoms with Crippen molar-refractivity contribution in [2.75, 3.05) is 6.54 Å². The Morgan fingerprint density at radius 1 is 1.69 bits per heavy atom. The summed E-state index contributed by atoms with van der Waals surface area (Å²) < 4.78 is 1.72. The highest BCUT2D eigenvalue weighted by molar-refractivity contribution is 6.32. The molecule has 1 aromatic heterocycles. The van der Waals surface area contributed by atoms with E-state index in [9.17, 15) is 4.79 Å². The molecule has 0 saturated carbocycles. The van der Waals surface area contributed by atoms with Crippen LogP contribution in [0.5, 0.6) is 0 Å². The zero-order valence-electron chi connectivity index (χ0n) is 6.75. The minimum absolute atomic E-state index is 0.0552. The summed E-state index contributed by atoms with van der Waals surface area (Å²) in [4.78, 5) is 14.6. The number of hydrogen-bond donors (Lipinski definition) is 2. The fraction of sp³-hybridized carbons (Fsp3) is 0.429. The molecule has 5 nitrogen and oxygen atoms in total. The number of rotatable bonds is 1. The quantitative estimate of drug-likeness (QED) is 0.688. The van der Waals surface area contributed by atoms with Gasteiger partial charge >= 0.3 is 5.97 Å². The predicted octanol–water partition coefficient (Wildman–Crippen LogP) is 0.338. The zero-order chi connectivity index (χ0) is 9.42. The largest absolute Gasteiger partial charge is 0.476 e. The summed E-state index contributed by atoms with van der Waals surface area (Å²) in [5.41, 5.74) is -0.0552. The van der Waals surface area contributed by atoms with Gasteiger partial charge in [0.1, 0.15) is 11.0 Å². The molecule has 0 amide bonds. The molecule has 1 aromatic rings. The van der Waals surface area contributed by atoms with Gasteiger partial charge in [0.2, 0.25) is 0 Å². The third kappa shape index (κ3) is 1.30. The van der Waals surface area contributed by atoms with E-state index in [1.807, 2.05) is 0 Å². The number of carboxylic acid groups (broad SMARTS) is 1. The van der Waals surface area contributed by atoms with Crippen LogP contribution in [0.3, 0.4) is 0 Å². The Labute approximate surface area is 79.3 Å². The second-order valence-corrected chi connectivity index (χ2v) is 3.16. The van der Waals surface area contributed by atoms with Crippen LogP contribution in [0.2, 0.25) is 5.15 Å². The first-order chi connectivity index (χ1) is 6.20. The number of hydrogen-bond acceptors (Lipinski definition) is 3. The fourth-order valence-corrected chi connectivity index (χ4v) is 1.67. The van der Waals surface area contributed by atoms with Crippen LogP contribution in [0.25, 0.3) is 0 Å². The van der Waals surface area contributed by atoms with Crippen LogP contribution in [0.4, 0.5) is 0 Å². The molecule has 0 bridgehead atoms. The van der Waals surface area contributed by atoms with Gasteiger partial charge in [-0.2, -0.15) is 0 Å². The van der Waals surface area contributed by atoms with E-state index in [-0.39, 0.29) is 10.8 Å². The molecule has 0 atom stereocenters. The average Bonchev–Trinajstić information content (AvgIpc) is 2.45. The van der Waals surface area contributed by atoms with Gasteiger partial charge in [-0.15, -0.1) is 0 Å². The fourth-order valence-electron chi connectivity index (χ4n) is 1.37. The lowest BCUT2D eigenvalue weighted by molar-refractivity contribution is 0.0691. The van der Waals surface area contributed by atoms with Gasteiger partial charge in [-0.1, -0.05) is 11.6 Å². The maximum atomic E-state index is 10.7. The molecule has 2 rings (SSSR count). The number of nitrogens with zero attached hydrogens (tertiary/aromatic N) is 2. The standard InChI is InChI=1S/C7H8ClN3O2/c8-6-5(7(12)13)10-4-3-9-1-2-11(4)6/h9H,1-3H2,(H,12,13). The maximum absolute atomic E-state index is 10.7. The van der Waals surface area contributed by atoms with Gasteiger partial charge in [0.15, 0.2) is 5.69 Å². The van der Waals surface area contributed by atoms with Crippen molar-refractivity contribution in [3.8, 4) is 0 Å². The SMILES string of the molecule is O=C(O)c1nc2n(c1Cl)CCNC2. The van der Waals surface area contributed by atoms with Crippen molar-refractivity contribution in [2.24, 2.45) is 0 Å². The molecule has 1 aliphatic rings. The van der Waals surface area contributed by atoms with E-state index in [1.165, 1.54) is 0 Å². The Balaban J connectivity index is 2.50. The number of fused-ring (bicyclic) bond motifs is 1. The molecule has 13 heavy (non-hydrogen) atoms. The van der Waals surface area contributed by atoms with Gasteiger partial charge in [0, 0.05) is 13.1 Å². The van der Waals surface area contributed by atoms with Gasteiger partial charge in [0.25, 0.3) is 0 Å². The van der Waals surface area contributed by atoms with Gasteiger partial charge in [-0.3, -0.25) is 0 Å². The molecular weight excluding hydrogens is 194 g/mol. The molecule has 70 valence electrons. The Hall–Kier alpha value is -1.07. The molecule has 0 spiro atoms. The van der Waals surface area contributed by atoms with Crippen molar-refractivity contribution in [1.82, 2.24) is 14.9 Å². The summed E-state index contributed by atoms with van der Waals surface area (Å²) in [5, 5.41) is 12.0. The molecule has 0 aromatic carbocycles. The van der Waals surface area contributed by atoms with Crippen molar-refractivity contribution in [3.05, 3.63) is 16.7 Å². The number of carboxylic acids is 1. The highest BCUT2D eigenvalue weighted by Crippen LogP contribution is 2.19. The Morgan fingerprint density at radius 2 is 2.46 bits per heavy atom. The van der Waals surface area contributed by atoms with Crippen molar-refractivity contribution in [3.63, 3.8) is 0 Å². The minimum atomic E-state index is -1.08. The molecule has 0 radical (unpaired) electrons. The molecular formula is C7H8ClN3O2. The van der Waals surface area contributed by atoms with Crippen molar-refractivity contribution >= 4 is 17.6 Å². The van der Waals surface area contributed by atoms with Crippen LogP contribution in [0.1, 0.15) is 16.3 Å². The molecule has 6 heteroatoms. The lowest BCUT2D eigenvalue weighted by Crippen LogP contribution is -2.28. The zero-order valence-corrected chi connectivity index (χ0v) is 7.51. The normalized spacial score (nSPS) is 15.5. The Morgan fingerprint density at radius 3 is 3.08 bits per heavy atom. The van der Waals surface area contributed by atoms with Crippen LogP contribution in [-0.2, 0) is 13.1 Å². The highest BCUT2D eigenvalue weighted by atomic mass is 35.5. The lowest BCUT2D eigenvalue weighted by atomic mass is 10.4. The van der Waals surface area contributed by atoms with E-state index in [0.29, 0.717) is 18.9 Å². The smallest absolute Gasteiger partial charge is 0.357 e. The summed E-state index contributed by atoms with van der Waals surface area (Å²) in [7, 11) is 0. The number of aromatic carboxylic acids is 1. The number of aromatic nitrogens is 2. The van der Waals surface area contributed by atoms with Crippen LogP contribution < -0.4 is 5.32 Å². The molecule has 1 aliphatic heterocycles. The summed E-state index contributed by atoms with van der Waals surface area (Å²) in [6.45, 7) is 2.05. The van der Waals surface area contributed by atoms with E-state index in [2.05, 4.69) is 10.3 Å². The van der Waals surface area contributed by atoms with E-state index in [1.54, 1.807) is 4.57 Å². The van der Waals surface area contributed by atoms with Gasteiger partial charge < -0.3 is 15.0 Å². The predicted molar refractivity (Wildman–Crippen MR) is 45.9 cm³/mol. The molecule has 2 heterocycles. The van der Waals surface area contributed by atoms with Crippen LogP contribution in [-0.4, -0.2) is 27.2 Å². The van der Waals surface area contributed by atoms with Gasteiger partial charge in [-0.25, -0.2) is 9.78 Å². The van der Waals surface area contributed by atoms with E-state index in [0.717, 1.165) is 6.54 Å². The number of imidazole rings is 1. The monoisotopic (exact) mass is 201 g/mol. The summed E-state index contributed by atoms with van der Waals surface area (Å²) in [5.74, 6) is -0.388. The topological polar surface area (TPSA) is 67.1 Å². The first kappa shape index (κ1) is 8.52. The summed E-state index contributed by atoms with van der Waals surface area (Å²) in [6.07, 6.45) is 0. The molecule has 0 saturated heterocycles. The van der Waals surface area contributed by atoms with Crippen molar-refractivity contribution in [1.29, 1.82) is 0 Å². The van der Waals surface area contributed by atoms with E-state index >= 15 is 0 Å².